The van der Waals surface area contributed by atoms with Gasteiger partial charge in [0.1, 0.15) is 11.4 Å². The van der Waals surface area contributed by atoms with E-state index in [4.69, 9.17) is 21.6 Å². The van der Waals surface area contributed by atoms with Crippen molar-refractivity contribution in [1.29, 1.82) is 0 Å². The van der Waals surface area contributed by atoms with Gasteiger partial charge >= 0.3 is 0 Å². The molecule has 3 heterocycles. The molecule has 2 aromatic carbocycles. The number of hydrogen-bond donors (Lipinski definition) is 1. The highest BCUT2D eigenvalue weighted by molar-refractivity contribution is 9.10. The molecule has 0 fully saturated rings. The van der Waals surface area contributed by atoms with Gasteiger partial charge in [-0.05, 0) is 36.4 Å². The zero-order valence-electron chi connectivity index (χ0n) is 14.3. The number of aromatic nitrogens is 3. The minimum atomic E-state index is 0.712. The van der Waals surface area contributed by atoms with Gasteiger partial charge in [0.15, 0.2) is 10.1 Å². The van der Waals surface area contributed by atoms with E-state index in [2.05, 4.69) is 43.2 Å². The highest BCUT2D eigenvalue weighted by Gasteiger charge is 2.19. The quantitative estimate of drug-likeness (QED) is 0.288. The molecule has 0 saturated carbocycles. The van der Waals surface area contributed by atoms with Crippen molar-refractivity contribution in [1.82, 2.24) is 14.4 Å². The van der Waals surface area contributed by atoms with Crippen molar-refractivity contribution in [3.63, 3.8) is 0 Å². The fourth-order valence-electron chi connectivity index (χ4n) is 2.94. The summed E-state index contributed by atoms with van der Waals surface area (Å²) in [4.78, 5) is 10.6. The van der Waals surface area contributed by atoms with Crippen molar-refractivity contribution >= 4 is 66.0 Å². The third-order valence-electron chi connectivity index (χ3n) is 4.22. The van der Waals surface area contributed by atoms with Gasteiger partial charge in [-0.3, -0.25) is 4.40 Å². The van der Waals surface area contributed by atoms with Gasteiger partial charge < -0.3 is 5.32 Å². The summed E-state index contributed by atoms with van der Waals surface area (Å²) in [5.41, 5.74) is 4.84. The molecule has 5 rings (SSSR count). The summed E-state index contributed by atoms with van der Waals surface area (Å²) in [6.45, 7) is 0. The van der Waals surface area contributed by atoms with Gasteiger partial charge in [0.25, 0.3) is 0 Å². The van der Waals surface area contributed by atoms with Gasteiger partial charge in [-0.15, -0.1) is 22.7 Å². The summed E-state index contributed by atoms with van der Waals surface area (Å²) in [6, 6.07) is 15.8. The van der Waals surface area contributed by atoms with Crippen LogP contribution in [-0.2, 0) is 0 Å². The van der Waals surface area contributed by atoms with E-state index in [0.29, 0.717) is 5.02 Å². The minimum Gasteiger partial charge on any atom is -0.332 e. The smallest absolute Gasteiger partial charge is 0.194 e. The first-order chi connectivity index (χ1) is 13.7. The Bertz CT molecular complexity index is 1260. The largest absolute Gasteiger partial charge is 0.332 e. The van der Waals surface area contributed by atoms with Crippen molar-refractivity contribution < 1.29 is 0 Å². The van der Waals surface area contributed by atoms with Gasteiger partial charge in [0.05, 0.1) is 5.69 Å². The Balaban J connectivity index is 1.56. The van der Waals surface area contributed by atoms with Crippen LogP contribution in [0.25, 0.3) is 27.6 Å². The van der Waals surface area contributed by atoms with Crippen LogP contribution in [0.3, 0.4) is 0 Å². The maximum absolute atomic E-state index is 5.96. The molecule has 8 heteroatoms. The van der Waals surface area contributed by atoms with Crippen LogP contribution < -0.4 is 5.32 Å². The SMILES string of the molecule is Clc1ccc(Nc2nc(-c3c(-c4ccc(Br)cc4)nc4sccn34)cs2)cc1. The Kier molecular flexibility index (Phi) is 4.68. The number of nitrogens with zero attached hydrogens (tertiary/aromatic N) is 3. The lowest BCUT2D eigenvalue weighted by Crippen LogP contribution is -1.91. The molecule has 0 bridgehead atoms. The summed E-state index contributed by atoms with van der Waals surface area (Å²) in [7, 11) is 0. The molecule has 4 nitrogen and oxygen atoms in total. The number of nitrogens with one attached hydrogen (secondary N) is 1. The van der Waals surface area contributed by atoms with E-state index in [1.165, 1.54) is 0 Å². The van der Waals surface area contributed by atoms with Gasteiger partial charge in [-0.2, -0.15) is 0 Å². The van der Waals surface area contributed by atoms with Gasteiger partial charge in [-0.1, -0.05) is 39.7 Å². The van der Waals surface area contributed by atoms with Crippen molar-refractivity contribution in [2.45, 2.75) is 0 Å². The maximum atomic E-state index is 5.96. The third kappa shape index (κ3) is 3.35. The highest BCUT2D eigenvalue weighted by atomic mass is 79.9. The Labute approximate surface area is 182 Å². The monoisotopic (exact) mass is 486 g/mol. The highest BCUT2D eigenvalue weighted by Crippen LogP contribution is 2.36. The summed E-state index contributed by atoms with van der Waals surface area (Å²) >= 11 is 12.6. The van der Waals surface area contributed by atoms with Crippen LogP contribution in [-0.4, -0.2) is 14.4 Å². The molecule has 0 radical (unpaired) electrons. The Morgan fingerprint density at radius 1 is 0.964 bits per heavy atom. The molecule has 5 aromatic rings. The lowest BCUT2D eigenvalue weighted by molar-refractivity contribution is 1.21. The zero-order chi connectivity index (χ0) is 19.1. The standard InChI is InChI=1S/C20H12BrClN4S2/c21-13-3-1-12(2-4-13)17-18(26-9-10-27-20(26)25-17)16-11-28-19(24-16)23-15-7-5-14(22)6-8-15/h1-11H,(H,23,24). The average Bonchev–Trinajstić information content (AvgIpc) is 3.40. The summed E-state index contributed by atoms with van der Waals surface area (Å²) < 4.78 is 3.14. The summed E-state index contributed by atoms with van der Waals surface area (Å²) in [5.74, 6) is 0. The lowest BCUT2D eigenvalue weighted by atomic mass is 10.1. The topological polar surface area (TPSA) is 42.2 Å². The molecular formula is C20H12BrClN4S2. The second-order valence-electron chi connectivity index (χ2n) is 6.04. The van der Waals surface area contributed by atoms with Crippen LogP contribution in [0, 0.1) is 0 Å². The number of benzene rings is 2. The van der Waals surface area contributed by atoms with Crippen LogP contribution in [0.2, 0.25) is 5.02 Å². The molecule has 3 aromatic heterocycles. The molecule has 0 aliphatic heterocycles. The van der Waals surface area contributed by atoms with E-state index in [1.807, 2.05) is 48.0 Å². The fraction of sp³-hybridized carbons (Fsp3) is 0. The second kappa shape index (κ2) is 7.33. The fourth-order valence-corrected chi connectivity index (χ4v) is 4.76. The molecule has 0 unspecified atom stereocenters. The number of imidazole rings is 1. The number of rotatable bonds is 4. The molecule has 0 amide bonds. The predicted octanol–water partition coefficient (Wildman–Crippen LogP) is 7.35. The first kappa shape index (κ1) is 17.9. The number of thiazole rings is 2. The molecule has 0 atom stereocenters. The number of anilines is 2. The van der Waals surface area contributed by atoms with E-state index in [0.717, 1.165) is 42.9 Å². The molecule has 1 N–H and O–H groups in total. The summed E-state index contributed by atoms with van der Waals surface area (Å²) in [6.07, 6.45) is 2.04. The number of fused-ring (bicyclic) bond motifs is 1. The average molecular weight is 488 g/mol. The van der Waals surface area contributed by atoms with E-state index in [9.17, 15) is 0 Å². The van der Waals surface area contributed by atoms with E-state index < -0.39 is 0 Å². The number of halogens is 2. The van der Waals surface area contributed by atoms with Gasteiger partial charge in [0.2, 0.25) is 0 Å². The number of hydrogen-bond acceptors (Lipinski definition) is 5. The summed E-state index contributed by atoms with van der Waals surface area (Å²) in [5, 5.41) is 8.97. The van der Waals surface area contributed by atoms with Crippen molar-refractivity contribution in [3.05, 3.63) is 75.0 Å². The Morgan fingerprint density at radius 2 is 1.75 bits per heavy atom. The predicted molar refractivity (Wildman–Crippen MR) is 122 cm³/mol. The van der Waals surface area contributed by atoms with E-state index in [-0.39, 0.29) is 0 Å². The molecule has 0 spiro atoms. The molecule has 138 valence electrons. The molecule has 28 heavy (non-hydrogen) atoms. The van der Waals surface area contributed by atoms with Crippen molar-refractivity contribution in [3.8, 4) is 22.6 Å². The van der Waals surface area contributed by atoms with Gasteiger partial charge in [-0.25, -0.2) is 9.97 Å². The second-order valence-corrected chi connectivity index (χ2v) is 9.12. The Morgan fingerprint density at radius 3 is 2.54 bits per heavy atom. The van der Waals surface area contributed by atoms with Crippen LogP contribution in [0.15, 0.2) is 70.0 Å². The molecular weight excluding hydrogens is 476 g/mol. The molecule has 0 saturated heterocycles. The Hall–Kier alpha value is -2.19. The van der Waals surface area contributed by atoms with E-state index in [1.54, 1.807) is 22.7 Å². The normalized spacial score (nSPS) is 11.2. The lowest BCUT2D eigenvalue weighted by Gasteiger charge is -2.03. The van der Waals surface area contributed by atoms with Crippen LogP contribution in [0.1, 0.15) is 0 Å². The third-order valence-corrected chi connectivity index (χ3v) is 6.52. The molecule has 0 aliphatic rings. The first-order valence-electron chi connectivity index (χ1n) is 8.37. The van der Waals surface area contributed by atoms with Crippen LogP contribution >= 0.6 is 50.2 Å². The van der Waals surface area contributed by atoms with Crippen LogP contribution in [0.5, 0.6) is 0 Å². The van der Waals surface area contributed by atoms with Crippen molar-refractivity contribution in [2.75, 3.05) is 5.32 Å². The minimum absolute atomic E-state index is 0.712. The van der Waals surface area contributed by atoms with Crippen molar-refractivity contribution in [2.24, 2.45) is 0 Å². The maximum Gasteiger partial charge on any atom is 0.194 e. The first-order valence-corrected chi connectivity index (χ1v) is 11.3. The zero-order valence-corrected chi connectivity index (χ0v) is 18.2. The van der Waals surface area contributed by atoms with Crippen LogP contribution in [0.4, 0.5) is 10.8 Å². The van der Waals surface area contributed by atoms with Gasteiger partial charge in [0, 0.05) is 37.7 Å². The van der Waals surface area contributed by atoms with E-state index >= 15 is 0 Å². The molecule has 0 aliphatic carbocycles.